The average Bonchev–Trinajstić information content (AvgIpc) is 2.84. The Morgan fingerprint density at radius 3 is 2.94 bits per heavy atom. The van der Waals surface area contributed by atoms with Gasteiger partial charge in [-0.3, -0.25) is 4.79 Å². The maximum Gasteiger partial charge on any atom is 0.220 e. The van der Waals surface area contributed by atoms with Crippen molar-refractivity contribution in [3.63, 3.8) is 0 Å². The molecule has 4 nitrogen and oxygen atoms in total. The summed E-state index contributed by atoms with van der Waals surface area (Å²) in [6.45, 7) is 0.704. The smallest absolute Gasteiger partial charge is 0.220 e. The highest BCUT2D eigenvalue weighted by atomic mass is 16.1. The SMILES string of the molecule is Cn1c(C2CNC(=O)C2)nc2ccccc21. The molecule has 1 atom stereocenters. The van der Waals surface area contributed by atoms with E-state index >= 15 is 0 Å². The van der Waals surface area contributed by atoms with Crippen LogP contribution in [0.15, 0.2) is 24.3 Å². The zero-order valence-corrected chi connectivity index (χ0v) is 9.10. The molecule has 2 aromatic rings. The Hall–Kier alpha value is -1.84. The number of hydrogen-bond acceptors (Lipinski definition) is 2. The molecule has 0 saturated carbocycles. The van der Waals surface area contributed by atoms with Crippen LogP contribution in [0.5, 0.6) is 0 Å². The molecule has 0 spiro atoms. The molecular formula is C12H13N3O. The van der Waals surface area contributed by atoms with E-state index in [9.17, 15) is 4.79 Å². The molecule has 3 rings (SSSR count). The molecular weight excluding hydrogens is 202 g/mol. The molecule has 0 aliphatic carbocycles. The maximum atomic E-state index is 11.2. The summed E-state index contributed by atoms with van der Waals surface area (Å²) in [5, 5.41) is 2.85. The van der Waals surface area contributed by atoms with Crippen LogP contribution < -0.4 is 5.32 Å². The van der Waals surface area contributed by atoms with Crippen LogP contribution in [-0.2, 0) is 11.8 Å². The molecule has 0 bridgehead atoms. The first-order valence-corrected chi connectivity index (χ1v) is 5.44. The summed E-state index contributed by atoms with van der Waals surface area (Å²) in [7, 11) is 2.01. The summed E-state index contributed by atoms with van der Waals surface area (Å²) in [6.07, 6.45) is 0.553. The summed E-state index contributed by atoms with van der Waals surface area (Å²) in [5.74, 6) is 1.33. The van der Waals surface area contributed by atoms with E-state index < -0.39 is 0 Å². The van der Waals surface area contributed by atoms with E-state index in [2.05, 4.69) is 20.9 Å². The van der Waals surface area contributed by atoms with Gasteiger partial charge in [-0.25, -0.2) is 4.98 Å². The minimum atomic E-state index is 0.122. The normalized spacial score (nSPS) is 20.3. The van der Waals surface area contributed by atoms with E-state index in [0.29, 0.717) is 13.0 Å². The number of nitrogens with zero attached hydrogens (tertiary/aromatic N) is 2. The number of aromatic nitrogens is 2. The molecule has 1 saturated heterocycles. The molecule has 1 amide bonds. The van der Waals surface area contributed by atoms with Crippen molar-refractivity contribution >= 4 is 16.9 Å². The van der Waals surface area contributed by atoms with Gasteiger partial charge < -0.3 is 9.88 Å². The van der Waals surface area contributed by atoms with Gasteiger partial charge in [0.15, 0.2) is 0 Å². The predicted octanol–water partition coefficient (Wildman–Crippen LogP) is 1.18. The number of amides is 1. The maximum absolute atomic E-state index is 11.2. The molecule has 1 N–H and O–H groups in total. The van der Waals surface area contributed by atoms with Gasteiger partial charge in [-0.05, 0) is 12.1 Å². The summed E-state index contributed by atoms with van der Waals surface area (Å²) in [5.41, 5.74) is 2.12. The van der Waals surface area contributed by atoms with Crippen molar-refractivity contribution in [3.8, 4) is 0 Å². The summed E-state index contributed by atoms with van der Waals surface area (Å²) in [4.78, 5) is 15.8. The third kappa shape index (κ3) is 1.30. The fourth-order valence-corrected chi connectivity index (χ4v) is 2.32. The molecule has 2 heterocycles. The van der Waals surface area contributed by atoms with Gasteiger partial charge in [-0.15, -0.1) is 0 Å². The standard InChI is InChI=1S/C12H13N3O/c1-15-10-5-3-2-4-9(10)14-12(15)8-6-11(16)13-7-8/h2-5,8H,6-7H2,1H3,(H,13,16). The lowest BCUT2D eigenvalue weighted by Crippen LogP contribution is -2.14. The van der Waals surface area contributed by atoms with Crippen molar-refractivity contribution in [2.24, 2.45) is 7.05 Å². The summed E-state index contributed by atoms with van der Waals surface area (Å²) >= 11 is 0. The number of hydrogen-bond donors (Lipinski definition) is 1. The lowest BCUT2D eigenvalue weighted by molar-refractivity contribution is -0.119. The fraction of sp³-hybridized carbons (Fsp3) is 0.333. The van der Waals surface area contributed by atoms with Crippen LogP contribution in [0.4, 0.5) is 0 Å². The van der Waals surface area contributed by atoms with E-state index in [0.717, 1.165) is 16.9 Å². The number of rotatable bonds is 1. The highest BCUT2D eigenvalue weighted by Gasteiger charge is 2.26. The number of carbonyl (C=O) groups is 1. The van der Waals surface area contributed by atoms with Gasteiger partial charge in [0, 0.05) is 25.9 Å². The summed E-state index contributed by atoms with van der Waals surface area (Å²) in [6, 6.07) is 8.04. The van der Waals surface area contributed by atoms with E-state index in [1.807, 2.05) is 25.2 Å². The van der Waals surface area contributed by atoms with Crippen LogP contribution in [-0.4, -0.2) is 22.0 Å². The molecule has 1 fully saturated rings. The number of fused-ring (bicyclic) bond motifs is 1. The molecule has 1 aliphatic rings. The Kier molecular flexibility index (Phi) is 1.96. The van der Waals surface area contributed by atoms with Gasteiger partial charge in [0.2, 0.25) is 5.91 Å². The van der Waals surface area contributed by atoms with Crippen molar-refractivity contribution in [1.29, 1.82) is 0 Å². The average molecular weight is 215 g/mol. The number of imidazole rings is 1. The first-order valence-electron chi connectivity index (χ1n) is 5.44. The van der Waals surface area contributed by atoms with Crippen molar-refractivity contribution < 1.29 is 4.79 Å². The van der Waals surface area contributed by atoms with Crippen LogP contribution in [0.1, 0.15) is 18.2 Å². The molecule has 1 aromatic heterocycles. The molecule has 16 heavy (non-hydrogen) atoms. The van der Waals surface area contributed by atoms with E-state index in [1.54, 1.807) is 0 Å². The highest BCUT2D eigenvalue weighted by Crippen LogP contribution is 2.25. The Labute approximate surface area is 93.3 Å². The van der Waals surface area contributed by atoms with E-state index in [-0.39, 0.29) is 11.8 Å². The van der Waals surface area contributed by atoms with Crippen molar-refractivity contribution in [1.82, 2.24) is 14.9 Å². The van der Waals surface area contributed by atoms with Gasteiger partial charge in [0.25, 0.3) is 0 Å². The number of nitrogens with one attached hydrogen (secondary N) is 1. The van der Waals surface area contributed by atoms with Crippen LogP contribution in [0.2, 0.25) is 0 Å². The zero-order valence-electron chi connectivity index (χ0n) is 9.10. The molecule has 1 aromatic carbocycles. The Morgan fingerprint density at radius 1 is 1.44 bits per heavy atom. The lowest BCUT2D eigenvalue weighted by Gasteiger charge is -2.06. The Balaban J connectivity index is 2.10. The summed E-state index contributed by atoms with van der Waals surface area (Å²) < 4.78 is 2.08. The van der Waals surface area contributed by atoms with Gasteiger partial charge in [0.1, 0.15) is 5.82 Å². The number of carbonyl (C=O) groups excluding carboxylic acids is 1. The third-order valence-electron chi connectivity index (χ3n) is 3.16. The minimum absolute atomic E-state index is 0.122. The van der Waals surface area contributed by atoms with E-state index in [4.69, 9.17) is 0 Å². The first-order chi connectivity index (χ1) is 7.75. The minimum Gasteiger partial charge on any atom is -0.355 e. The molecule has 0 radical (unpaired) electrons. The zero-order chi connectivity index (χ0) is 11.1. The van der Waals surface area contributed by atoms with E-state index in [1.165, 1.54) is 0 Å². The van der Waals surface area contributed by atoms with Gasteiger partial charge in [0.05, 0.1) is 11.0 Å². The second kappa shape index (κ2) is 3.33. The fourth-order valence-electron chi connectivity index (χ4n) is 2.32. The number of para-hydroxylation sites is 2. The monoisotopic (exact) mass is 215 g/mol. The topological polar surface area (TPSA) is 46.9 Å². The second-order valence-corrected chi connectivity index (χ2v) is 4.22. The molecule has 82 valence electrons. The Bertz CT molecular complexity index is 558. The second-order valence-electron chi connectivity index (χ2n) is 4.22. The van der Waals surface area contributed by atoms with Gasteiger partial charge in [-0.1, -0.05) is 12.1 Å². The first kappa shape index (κ1) is 9.39. The highest BCUT2D eigenvalue weighted by molar-refractivity contribution is 5.80. The molecule has 1 aliphatic heterocycles. The van der Waals surface area contributed by atoms with Crippen LogP contribution >= 0.6 is 0 Å². The van der Waals surface area contributed by atoms with Gasteiger partial charge >= 0.3 is 0 Å². The van der Waals surface area contributed by atoms with Crippen LogP contribution in [0.3, 0.4) is 0 Å². The Morgan fingerprint density at radius 2 is 2.25 bits per heavy atom. The van der Waals surface area contributed by atoms with Crippen LogP contribution in [0, 0.1) is 0 Å². The predicted molar refractivity (Wildman–Crippen MR) is 61.1 cm³/mol. The third-order valence-corrected chi connectivity index (χ3v) is 3.16. The van der Waals surface area contributed by atoms with Crippen molar-refractivity contribution in [2.45, 2.75) is 12.3 Å². The molecule has 4 heteroatoms. The lowest BCUT2D eigenvalue weighted by atomic mass is 10.1. The van der Waals surface area contributed by atoms with Crippen molar-refractivity contribution in [3.05, 3.63) is 30.1 Å². The quantitative estimate of drug-likeness (QED) is 0.776. The number of aryl methyl sites for hydroxylation is 1. The van der Waals surface area contributed by atoms with Crippen molar-refractivity contribution in [2.75, 3.05) is 6.54 Å². The van der Waals surface area contributed by atoms with Crippen LogP contribution in [0.25, 0.3) is 11.0 Å². The number of benzene rings is 1. The largest absolute Gasteiger partial charge is 0.355 e. The van der Waals surface area contributed by atoms with Gasteiger partial charge in [-0.2, -0.15) is 0 Å². The molecule has 1 unspecified atom stereocenters.